The molecule has 1 fully saturated rings. The Morgan fingerprint density at radius 1 is 1.21 bits per heavy atom. The van der Waals surface area contributed by atoms with Crippen LogP contribution in [-0.2, 0) is 10.3 Å². The number of hydrogen-bond acceptors (Lipinski definition) is 3. The van der Waals surface area contributed by atoms with Gasteiger partial charge in [-0.1, -0.05) is 12.1 Å². The number of carbonyl (C=O) groups is 2. The first kappa shape index (κ1) is 13.4. The predicted octanol–water partition coefficient (Wildman–Crippen LogP) is 1.87. The zero-order chi connectivity index (χ0) is 14.2. The Hall–Kier alpha value is -2.04. The highest BCUT2D eigenvalue weighted by molar-refractivity contribution is 6.06. The van der Waals surface area contributed by atoms with Crippen molar-refractivity contribution in [2.24, 2.45) is 0 Å². The van der Waals surface area contributed by atoms with Crippen molar-refractivity contribution in [2.45, 2.75) is 32.4 Å². The monoisotopic (exact) mass is 262 g/mol. The molecular weight excluding hydrogens is 244 g/mol. The van der Waals surface area contributed by atoms with Gasteiger partial charge in [-0.3, -0.25) is 9.69 Å². The zero-order valence-electron chi connectivity index (χ0n) is 11.6. The maximum absolute atomic E-state index is 12.1. The van der Waals surface area contributed by atoms with E-state index in [0.717, 1.165) is 16.2 Å². The first-order valence-corrected chi connectivity index (χ1v) is 6.22. The summed E-state index contributed by atoms with van der Waals surface area (Å²) < 4.78 is 5.55. The molecular formula is C14H18N2O3. The third kappa shape index (κ3) is 2.28. The normalized spacial score (nSPS) is 22.9. The van der Waals surface area contributed by atoms with Crippen LogP contribution in [0.5, 0.6) is 5.75 Å². The maximum Gasteiger partial charge on any atom is 0.325 e. The number of nitrogens with one attached hydrogen (secondary N) is 1. The summed E-state index contributed by atoms with van der Waals surface area (Å²) in [5, 5.41) is 2.70. The molecule has 1 aliphatic heterocycles. The Morgan fingerprint density at radius 3 is 2.21 bits per heavy atom. The number of benzene rings is 1. The Balaban J connectivity index is 2.27. The lowest BCUT2D eigenvalue weighted by molar-refractivity contribution is -0.130. The molecule has 1 N–H and O–H groups in total. The van der Waals surface area contributed by atoms with Crippen LogP contribution in [0.2, 0.25) is 0 Å². The maximum atomic E-state index is 12.1. The van der Waals surface area contributed by atoms with Crippen LogP contribution in [0.25, 0.3) is 0 Å². The van der Waals surface area contributed by atoms with Gasteiger partial charge < -0.3 is 10.1 Å². The van der Waals surface area contributed by atoms with E-state index < -0.39 is 5.54 Å². The van der Waals surface area contributed by atoms with E-state index in [2.05, 4.69) is 5.32 Å². The van der Waals surface area contributed by atoms with E-state index in [1.807, 2.05) is 13.8 Å². The van der Waals surface area contributed by atoms with Gasteiger partial charge in [0, 0.05) is 7.05 Å². The smallest absolute Gasteiger partial charge is 0.325 e. The number of amides is 3. The molecule has 3 amide bonds. The van der Waals surface area contributed by atoms with Gasteiger partial charge in [0.2, 0.25) is 0 Å². The summed E-state index contributed by atoms with van der Waals surface area (Å²) in [7, 11) is 1.47. The minimum atomic E-state index is -0.998. The summed E-state index contributed by atoms with van der Waals surface area (Å²) in [4.78, 5) is 24.8. The highest BCUT2D eigenvalue weighted by atomic mass is 16.5. The molecule has 5 nitrogen and oxygen atoms in total. The van der Waals surface area contributed by atoms with Crippen LogP contribution >= 0.6 is 0 Å². The number of urea groups is 1. The number of ether oxygens (including phenoxy) is 1. The van der Waals surface area contributed by atoms with E-state index in [9.17, 15) is 9.59 Å². The number of nitrogens with zero attached hydrogens (tertiary/aromatic N) is 1. The lowest BCUT2D eigenvalue weighted by atomic mass is 9.92. The Morgan fingerprint density at radius 2 is 1.79 bits per heavy atom. The summed E-state index contributed by atoms with van der Waals surface area (Å²) >= 11 is 0. The second kappa shape index (κ2) is 4.57. The van der Waals surface area contributed by atoms with Crippen molar-refractivity contribution in [3.8, 4) is 5.75 Å². The third-order valence-electron chi connectivity index (χ3n) is 3.20. The molecule has 0 aliphatic carbocycles. The first-order valence-electron chi connectivity index (χ1n) is 6.22. The Bertz CT molecular complexity index is 510. The van der Waals surface area contributed by atoms with Gasteiger partial charge >= 0.3 is 6.03 Å². The van der Waals surface area contributed by atoms with Gasteiger partial charge in [-0.25, -0.2) is 4.79 Å². The van der Waals surface area contributed by atoms with Gasteiger partial charge in [-0.05, 0) is 38.5 Å². The van der Waals surface area contributed by atoms with Crippen LogP contribution in [0.4, 0.5) is 4.79 Å². The van der Waals surface area contributed by atoms with Crippen LogP contribution in [0, 0.1) is 0 Å². The molecule has 1 aromatic rings. The predicted molar refractivity (Wildman–Crippen MR) is 70.9 cm³/mol. The molecule has 0 spiro atoms. The highest BCUT2D eigenvalue weighted by Gasteiger charge is 2.47. The van der Waals surface area contributed by atoms with E-state index in [1.165, 1.54) is 7.05 Å². The molecule has 0 radical (unpaired) electrons. The molecule has 1 heterocycles. The van der Waals surface area contributed by atoms with Crippen LogP contribution in [0.15, 0.2) is 24.3 Å². The molecule has 1 aliphatic rings. The van der Waals surface area contributed by atoms with E-state index in [0.29, 0.717) is 0 Å². The molecule has 102 valence electrons. The summed E-state index contributed by atoms with van der Waals surface area (Å²) in [5.41, 5.74) is -0.256. The van der Waals surface area contributed by atoms with E-state index >= 15 is 0 Å². The van der Waals surface area contributed by atoms with Crippen molar-refractivity contribution in [3.05, 3.63) is 29.8 Å². The van der Waals surface area contributed by atoms with Crippen molar-refractivity contribution < 1.29 is 14.3 Å². The van der Waals surface area contributed by atoms with E-state index in [1.54, 1.807) is 31.2 Å². The number of hydrogen-bond donors (Lipinski definition) is 1. The molecule has 1 aromatic carbocycles. The second-order valence-corrected chi connectivity index (χ2v) is 5.11. The highest BCUT2D eigenvalue weighted by Crippen LogP contribution is 2.29. The van der Waals surface area contributed by atoms with Crippen LogP contribution in [0.1, 0.15) is 26.3 Å². The second-order valence-electron chi connectivity index (χ2n) is 5.11. The lowest BCUT2D eigenvalue weighted by Gasteiger charge is -2.22. The average molecular weight is 262 g/mol. The number of rotatable bonds is 3. The molecule has 0 aromatic heterocycles. The standard InChI is InChI=1S/C14H18N2O3/c1-9(2)19-11-7-5-10(6-8-11)14(3)12(17)16(4)13(18)15-14/h5-9H,1-4H3,(H,15,18)/t14-/m1/s1. The van der Waals surface area contributed by atoms with Gasteiger partial charge in [0.25, 0.3) is 5.91 Å². The van der Waals surface area contributed by atoms with Gasteiger partial charge in [0.1, 0.15) is 11.3 Å². The third-order valence-corrected chi connectivity index (χ3v) is 3.20. The molecule has 5 heteroatoms. The van der Waals surface area contributed by atoms with E-state index in [4.69, 9.17) is 4.74 Å². The van der Waals surface area contributed by atoms with Crippen molar-refractivity contribution in [2.75, 3.05) is 7.05 Å². The molecule has 2 rings (SSSR count). The van der Waals surface area contributed by atoms with Crippen molar-refractivity contribution >= 4 is 11.9 Å². The van der Waals surface area contributed by atoms with Crippen molar-refractivity contribution in [3.63, 3.8) is 0 Å². The summed E-state index contributed by atoms with van der Waals surface area (Å²) in [6.07, 6.45) is 0.0976. The van der Waals surface area contributed by atoms with E-state index in [-0.39, 0.29) is 18.0 Å². The van der Waals surface area contributed by atoms with Crippen LogP contribution in [0.3, 0.4) is 0 Å². The Labute approximate surface area is 112 Å². The largest absolute Gasteiger partial charge is 0.491 e. The lowest BCUT2D eigenvalue weighted by Crippen LogP contribution is -2.40. The first-order chi connectivity index (χ1) is 8.84. The number of imide groups is 1. The number of carbonyl (C=O) groups excluding carboxylic acids is 2. The summed E-state index contributed by atoms with van der Waals surface area (Å²) in [6, 6.07) is 6.83. The van der Waals surface area contributed by atoms with Crippen molar-refractivity contribution in [1.82, 2.24) is 10.2 Å². The fraction of sp³-hybridized carbons (Fsp3) is 0.429. The Kier molecular flexibility index (Phi) is 3.22. The fourth-order valence-electron chi connectivity index (χ4n) is 2.11. The molecule has 0 unspecified atom stereocenters. The number of likely N-dealkylation sites (N-methyl/N-ethyl adjacent to an activating group) is 1. The van der Waals surface area contributed by atoms with Gasteiger partial charge in [-0.2, -0.15) is 0 Å². The van der Waals surface area contributed by atoms with Gasteiger partial charge in [-0.15, -0.1) is 0 Å². The molecule has 0 bridgehead atoms. The van der Waals surface area contributed by atoms with Crippen molar-refractivity contribution in [1.29, 1.82) is 0 Å². The topological polar surface area (TPSA) is 58.6 Å². The summed E-state index contributed by atoms with van der Waals surface area (Å²) in [6.45, 7) is 5.60. The van der Waals surface area contributed by atoms with Gasteiger partial charge in [0.05, 0.1) is 6.10 Å². The molecule has 1 saturated heterocycles. The summed E-state index contributed by atoms with van der Waals surface area (Å²) in [5.74, 6) is 0.488. The van der Waals surface area contributed by atoms with Crippen LogP contribution in [-0.4, -0.2) is 30.0 Å². The molecule has 19 heavy (non-hydrogen) atoms. The minimum absolute atomic E-state index is 0.0976. The molecule has 1 atom stereocenters. The van der Waals surface area contributed by atoms with Gasteiger partial charge in [0.15, 0.2) is 0 Å². The minimum Gasteiger partial charge on any atom is -0.491 e. The quantitative estimate of drug-likeness (QED) is 0.846. The SMILES string of the molecule is CC(C)Oc1ccc([C@@]2(C)NC(=O)N(C)C2=O)cc1. The fourth-order valence-corrected chi connectivity index (χ4v) is 2.11. The van der Waals surface area contributed by atoms with Crippen LogP contribution < -0.4 is 10.1 Å². The average Bonchev–Trinajstić information content (AvgIpc) is 2.54. The zero-order valence-corrected chi connectivity index (χ0v) is 11.6. The molecule has 0 saturated carbocycles.